The molecule has 0 saturated heterocycles. The Morgan fingerprint density at radius 2 is 1.81 bits per heavy atom. The Labute approximate surface area is 121 Å². The maximum atomic E-state index is 5.69. The highest BCUT2D eigenvalue weighted by Gasteiger charge is 2.11. The fourth-order valence-corrected chi connectivity index (χ4v) is 1.93. The van der Waals surface area contributed by atoms with Crippen molar-refractivity contribution in [2.24, 2.45) is 0 Å². The third-order valence-electron chi connectivity index (χ3n) is 2.88. The number of fused-ring (bicyclic) bond motifs is 1. The van der Waals surface area contributed by atoms with Gasteiger partial charge in [-0.3, -0.25) is 0 Å². The van der Waals surface area contributed by atoms with Crippen LogP contribution in [0.3, 0.4) is 0 Å². The highest BCUT2D eigenvalue weighted by Crippen LogP contribution is 2.24. The summed E-state index contributed by atoms with van der Waals surface area (Å²) in [6.45, 7) is 2.32. The minimum Gasteiger partial charge on any atom is -0.476 e. The fraction of sp³-hybridized carbons (Fsp3) is 0.143. The maximum Gasteiger partial charge on any atom is 0.247 e. The van der Waals surface area contributed by atoms with E-state index in [-0.39, 0.29) is 5.95 Å². The Morgan fingerprint density at radius 1 is 1.05 bits per heavy atom. The molecule has 0 aliphatic heterocycles. The molecule has 2 heterocycles. The minimum atomic E-state index is 0.112. The summed E-state index contributed by atoms with van der Waals surface area (Å²) in [6.07, 6.45) is 1.63. The summed E-state index contributed by atoms with van der Waals surface area (Å²) in [7, 11) is 0. The number of hydrogen-bond acceptors (Lipinski definition) is 7. The zero-order valence-electron chi connectivity index (χ0n) is 11.4. The van der Waals surface area contributed by atoms with Gasteiger partial charge in [-0.2, -0.15) is 9.97 Å². The first-order valence-corrected chi connectivity index (χ1v) is 6.46. The Morgan fingerprint density at radius 3 is 2.52 bits per heavy atom. The van der Waals surface area contributed by atoms with Crippen LogP contribution in [0.2, 0.25) is 0 Å². The zero-order valence-corrected chi connectivity index (χ0v) is 11.4. The van der Waals surface area contributed by atoms with Crippen LogP contribution in [0.25, 0.3) is 22.4 Å². The van der Waals surface area contributed by atoms with Gasteiger partial charge in [0, 0.05) is 11.3 Å². The second-order valence-electron chi connectivity index (χ2n) is 4.37. The van der Waals surface area contributed by atoms with E-state index in [0.717, 1.165) is 5.56 Å². The van der Waals surface area contributed by atoms with Crippen LogP contribution in [0.4, 0.5) is 11.6 Å². The Balaban J connectivity index is 2.16. The van der Waals surface area contributed by atoms with Crippen LogP contribution in [-0.4, -0.2) is 26.5 Å². The van der Waals surface area contributed by atoms with Crippen molar-refractivity contribution in [2.75, 3.05) is 18.1 Å². The standard InChI is InChI=1S/C14H14N6O/c1-2-21-13-11-12(19-14(16)20-13)17-7-10(18-11)8-3-5-9(15)6-4-8/h3-7H,2,15H2,1H3,(H2,16,17,19,20). The third kappa shape index (κ3) is 2.53. The molecule has 2 aromatic heterocycles. The van der Waals surface area contributed by atoms with Gasteiger partial charge in [-0.25, -0.2) is 9.97 Å². The van der Waals surface area contributed by atoms with E-state index in [2.05, 4.69) is 19.9 Å². The summed E-state index contributed by atoms with van der Waals surface area (Å²) in [6, 6.07) is 7.38. The minimum absolute atomic E-state index is 0.112. The van der Waals surface area contributed by atoms with Crippen molar-refractivity contribution in [1.82, 2.24) is 19.9 Å². The third-order valence-corrected chi connectivity index (χ3v) is 2.88. The Kier molecular flexibility index (Phi) is 3.23. The molecular formula is C14H14N6O. The van der Waals surface area contributed by atoms with Crippen LogP contribution in [0.1, 0.15) is 6.92 Å². The lowest BCUT2D eigenvalue weighted by Crippen LogP contribution is -2.04. The highest BCUT2D eigenvalue weighted by atomic mass is 16.5. The topological polar surface area (TPSA) is 113 Å². The van der Waals surface area contributed by atoms with E-state index < -0.39 is 0 Å². The summed E-state index contributed by atoms with van der Waals surface area (Å²) in [4.78, 5) is 16.9. The zero-order chi connectivity index (χ0) is 14.8. The first-order valence-electron chi connectivity index (χ1n) is 6.46. The van der Waals surface area contributed by atoms with Gasteiger partial charge in [0.05, 0.1) is 18.5 Å². The average Bonchev–Trinajstić information content (AvgIpc) is 2.48. The van der Waals surface area contributed by atoms with Crippen LogP contribution in [0.5, 0.6) is 5.88 Å². The van der Waals surface area contributed by atoms with Crippen molar-refractivity contribution < 1.29 is 4.74 Å². The molecule has 0 amide bonds. The predicted octanol–water partition coefficient (Wildman–Crippen LogP) is 1.65. The number of ether oxygens (including phenoxy) is 1. The van der Waals surface area contributed by atoms with Crippen LogP contribution in [-0.2, 0) is 0 Å². The molecule has 0 spiro atoms. The fourth-order valence-electron chi connectivity index (χ4n) is 1.93. The number of nitrogens with two attached hydrogens (primary N) is 2. The van der Waals surface area contributed by atoms with E-state index in [4.69, 9.17) is 16.2 Å². The van der Waals surface area contributed by atoms with Crippen LogP contribution < -0.4 is 16.2 Å². The molecule has 0 atom stereocenters. The normalized spacial score (nSPS) is 10.7. The van der Waals surface area contributed by atoms with Gasteiger partial charge in [0.2, 0.25) is 11.8 Å². The molecule has 21 heavy (non-hydrogen) atoms. The molecule has 0 saturated carbocycles. The van der Waals surface area contributed by atoms with E-state index in [0.29, 0.717) is 35.0 Å². The molecule has 1 aromatic carbocycles. The molecule has 0 radical (unpaired) electrons. The first-order chi connectivity index (χ1) is 10.2. The van der Waals surface area contributed by atoms with Crippen molar-refractivity contribution >= 4 is 22.8 Å². The van der Waals surface area contributed by atoms with Gasteiger partial charge in [-0.1, -0.05) is 12.1 Å². The first kappa shape index (κ1) is 13.0. The van der Waals surface area contributed by atoms with Crippen LogP contribution in [0, 0.1) is 0 Å². The molecule has 106 valence electrons. The quantitative estimate of drug-likeness (QED) is 0.702. The number of rotatable bonds is 3. The summed E-state index contributed by atoms with van der Waals surface area (Å²) in [5, 5.41) is 0. The summed E-state index contributed by atoms with van der Waals surface area (Å²) < 4.78 is 5.46. The largest absolute Gasteiger partial charge is 0.476 e. The van der Waals surface area contributed by atoms with Gasteiger partial charge in [0.15, 0.2) is 11.2 Å². The molecule has 0 unspecified atom stereocenters. The predicted molar refractivity (Wildman–Crippen MR) is 80.6 cm³/mol. The lowest BCUT2D eigenvalue weighted by Gasteiger charge is -2.07. The van der Waals surface area contributed by atoms with Crippen molar-refractivity contribution in [2.45, 2.75) is 6.92 Å². The summed E-state index contributed by atoms with van der Waals surface area (Å²) in [5.74, 6) is 0.449. The average molecular weight is 282 g/mol. The van der Waals surface area contributed by atoms with Gasteiger partial charge >= 0.3 is 0 Å². The number of hydrogen-bond donors (Lipinski definition) is 2. The van der Waals surface area contributed by atoms with Gasteiger partial charge in [-0.15, -0.1) is 0 Å². The molecule has 0 fully saturated rings. The van der Waals surface area contributed by atoms with Crippen molar-refractivity contribution in [3.05, 3.63) is 30.5 Å². The van der Waals surface area contributed by atoms with E-state index >= 15 is 0 Å². The molecule has 4 N–H and O–H groups in total. The van der Waals surface area contributed by atoms with E-state index in [1.807, 2.05) is 31.2 Å². The molecule has 3 rings (SSSR count). The SMILES string of the molecule is CCOc1nc(N)nc2ncc(-c3ccc(N)cc3)nc12. The highest BCUT2D eigenvalue weighted by molar-refractivity contribution is 5.79. The van der Waals surface area contributed by atoms with E-state index in [1.54, 1.807) is 6.20 Å². The molecular weight excluding hydrogens is 268 g/mol. The van der Waals surface area contributed by atoms with Crippen molar-refractivity contribution in [1.29, 1.82) is 0 Å². The number of anilines is 2. The summed E-state index contributed by atoms with van der Waals surface area (Å²) in [5.41, 5.74) is 14.5. The van der Waals surface area contributed by atoms with E-state index in [9.17, 15) is 0 Å². The molecule has 0 bridgehead atoms. The number of nitrogens with zero attached hydrogens (tertiary/aromatic N) is 4. The molecule has 0 aliphatic carbocycles. The van der Waals surface area contributed by atoms with Gasteiger partial charge in [0.25, 0.3) is 0 Å². The molecule has 7 nitrogen and oxygen atoms in total. The van der Waals surface area contributed by atoms with Crippen molar-refractivity contribution in [3.63, 3.8) is 0 Å². The Bertz CT molecular complexity index is 787. The van der Waals surface area contributed by atoms with E-state index in [1.165, 1.54) is 0 Å². The second-order valence-corrected chi connectivity index (χ2v) is 4.37. The van der Waals surface area contributed by atoms with Gasteiger partial charge in [-0.05, 0) is 19.1 Å². The number of aromatic nitrogens is 4. The lowest BCUT2D eigenvalue weighted by atomic mass is 10.1. The second kappa shape index (κ2) is 5.20. The summed E-state index contributed by atoms with van der Waals surface area (Å²) >= 11 is 0. The Hall–Kier alpha value is -2.96. The molecule has 0 aliphatic rings. The number of nitrogen functional groups attached to an aromatic ring is 2. The van der Waals surface area contributed by atoms with Crippen LogP contribution in [0.15, 0.2) is 30.5 Å². The van der Waals surface area contributed by atoms with Gasteiger partial charge < -0.3 is 16.2 Å². The van der Waals surface area contributed by atoms with Crippen molar-refractivity contribution in [3.8, 4) is 17.1 Å². The smallest absolute Gasteiger partial charge is 0.247 e. The van der Waals surface area contributed by atoms with Gasteiger partial charge in [0.1, 0.15) is 0 Å². The lowest BCUT2D eigenvalue weighted by molar-refractivity contribution is 0.330. The monoisotopic (exact) mass is 282 g/mol. The molecule has 7 heteroatoms. The maximum absolute atomic E-state index is 5.69. The number of benzene rings is 1. The van der Waals surface area contributed by atoms with Crippen LogP contribution >= 0.6 is 0 Å². The molecule has 3 aromatic rings.